The molecular formula is C70H42N2. The van der Waals surface area contributed by atoms with Crippen LogP contribution < -0.4 is 4.90 Å². The van der Waals surface area contributed by atoms with Crippen LogP contribution >= 0.6 is 0 Å². The molecule has 2 nitrogen and oxygen atoms in total. The largest absolute Gasteiger partial charge is 0.310 e. The predicted molar refractivity (Wildman–Crippen MR) is 298 cm³/mol. The van der Waals surface area contributed by atoms with Gasteiger partial charge in [-0.2, -0.15) is 0 Å². The van der Waals surface area contributed by atoms with Gasteiger partial charge in [0.05, 0.1) is 27.6 Å². The zero-order chi connectivity index (χ0) is 46.9. The number of anilines is 3. The van der Waals surface area contributed by atoms with Gasteiger partial charge in [0, 0.05) is 27.8 Å². The molecule has 4 aliphatic rings. The Morgan fingerprint density at radius 1 is 0.264 bits per heavy atom. The van der Waals surface area contributed by atoms with Crippen molar-refractivity contribution in [2.75, 3.05) is 4.90 Å². The standard InChI is InChI=1S/C70H42N2/c1-2-17-48-43(16-1)32-33-44-40-45(34-37-49(44)48)71(46-35-38-54-52-20-5-10-26-60(52)69(64(54)41-46)58-24-8-3-18-50(58)51-19-4-9-25-59(51)69)47-36-39-55-53-21-6-11-27-61(53)70(65(55)42-47)62-28-12-14-31-67(62)72-66-30-13-7-22-56(66)57-23-15-29-63(70)68(57)72/h1-42H. The Hall–Kier alpha value is -9.24. The second kappa shape index (κ2) is 13.8. The number of fused-ring (bicyclic) bond motifs is 25. The highest BCUT2D eigenvalue weighted by atomic mass is 15.1. The molecule has 1 atom stereocenters. The van der Waals surface area contributed by atoms with E-state index in [9.17, 15) is 0 Å². The van der Waals surface area contributed by atoms with Crippen LogP contribution in [-0.4, -0.2) is 4.57 Å². The number of para-hydroxylation sites is 3. The lowest BCUT2D eigenvalue weighted by atomic mass is 9.65. The Labute approximate surface area is 417 Å². The van der Waals surface area contributed by atoms with Crippen LogP contribution in [0, 0.1) is 0 Å². The van der Waals surface area contributed by atoms with Crippen molar-refractivity contribution in [3.8, 4) is 39.1 Å². The molecule has 0 amide bonds. The third-order valence-corrected chi connectivity index (χ3v) is 17.2. The van der Waals surface area contributed by atoms with Crippen LogP contribution in [0.15, 0.2) is 255 Å². The summed E-state index contributed by atoms with van der Waals surface area (Å²) < 4.78 is 2.54. The topological polar surface area (TPSA) is 8.17 Å². The molecule has 12 aromatic carbocycles. The first-order chi connectivity index (χ1) is 35.7. The molecule has 2 heteroatoms. The van der Waals surface area contributed by atoms with Gasteiger partial charge < -0.3 is 9.47 Å². The molecule has 0 N–H and O–H groups in total. The van der Waals surface area contributed by atoms with Crippen LogP contribution in [-0.2, 0) is 10.8 Å². The van der Waals surface area contributed by atoms with Crippen molar-refractivity contribution in [2.24, 2.45) is 0 Å². The van der Waals surface area contributed by atoms with E-state index in [1.54, 1.807) is 0 Å². The number of hydrogen-bond donors (Lipinski definition) is 0. The maximum Gasteiger partial charge on any atom is 0.0755 e. The van der Waals surface area contributed by atoms with Crippen LogP contribution in [0.1, 0.15) is 44.5 Å². The molecular weight excluding hydrogens is 869 g/mol. The van der Waals surface area contributed by atoms with Crippen molar-refractivity contribution >= 4 is 60.4 Å². The van der Waals surface area contributed by atoms with Gasteiger partial charge in [-0.25, -0.2) is 0 Å². The van der Waals surface area contributed by atoms with Crippen LogP contribution in [0.4, 0.5) is 17.1 Å². The Kier molecular flexibility index (Phi) is 7.37. The van der Waals surface area contributed by atoms with E-state index >= 15 is 0 Å². The molecule has 72 heavy (non-hydrogen) atoms. The second-order valence-electron chi connectivity index (χ2n) is 20.2. The van der Waals surface area contributed by atoms with E-state index in [1.807, 2.05) is 0 Å². The van der Waals surface area contributed by atoms with Gasteiger partial charge >= 0.3 is 0 Å². The summed E-state index contributed by atoms with van der Waals surface area (Å²) in [5, 5.41) is 7.55. The van der Waals surface area contributed by atoms with E-state index in [4.69, 9.17) is 0 Å². The number of aromatic nitrogens is 1. The summed E-state index contributed by atoms with van der Waals surface area (Å²) in [6.07, 6.45) is 0. The minimum atomic E-state index is -0.586. The number of benzene rings is 12. The highest BCUT2D eigenvalue weighted by Crippen LogP contribution is 2.65. The number of nitrogens with zero attached hydrogens (tertiary/aromatic N) is 2. The molecule has 13 aromatic rings. The quantitative estimate of drug-likeness (QED) is 0.160. The van der Waals surface area contributed by atoms with Gasteiger partial charge in [-0.15, -0.1) is 0 Å². The van der Waals surface area contributed by atoms with Crippen molar-refractivity contribution in [3.05, 3.63) is 299 Å². The maximum absolute atomic E-state index is 2.55. The fourth-order valence-electron chi connectivity index (χ4n) is 14.5. The lowest BCUT2D eigenvalue weighted by Gasteiger charge is -2.40. The zero-order valence-corrected chi connectivity index (χ0v) is 39.1. The highest BCUT2D eigenvalue weighted by Gasteiger charge is 2.53. The lowest BCUT2D eigenvalue weighted by molar-refractivity contribution is 0.748. The summed E-state index contributed by atoms with van der Waals surface area (Å²) in [5.41, 5.74) is 24.4. The third-order valence-electron chi connectivity index (χ3n) is 17.2. The lowest BCUT2D eigenvalue weighted by Crippen LogP contribution is -2.33. The van der Waals surface area contributed by atoms with Crippen LogP contribution in [0.5, 0.6) is 0 Å². The summed E-state index contributed by atoms with van der Waals surface area (Å²) in [6.45, 7) is 0. The second-order valence-corrected chi connectivity index (χ2v) is 20.2. The van der Waals surface area contributed by atoms with Crippen molar-refractivity contribution in [2.45, 2.75) is 10.8 Å². The van der Waals surface area contributed by atoms with Crippen molar-refractivity contribution in [1.82, 2.24) is 4.57 Å². The van der Waals surface area contributed by atoms with Gasteiger partial charge in [0.15, 0.2) is 0 Å². The van der Waals surface area contributed by atoms with E-state index in [0.29, 0.717) is 0 Å². The fraction of sp³-hybridized carbons (Fsp3) is 0.0286. The molecule has 3 aliphatic carbocycles. The molecule has 2 spiro atoms. The van der Waals surface area contributed by atoms with E-state index in [2.05, 4.69) is 264 Å². The van der Waals surface area contributed by atoms with E-state index in [-0.39, 0.29) is 0 Å². The molecule has 0 radical (unpaired) electrons. The summed E-state index contributed by atoms with van der Waals surface area (Å²) >= 11 is 0. The van der Waals surface area contributed by atoms with Crippen molar-refractivity contribution < 1.29 is 0 Å². The van der Waals surface area contributed by atoms with Crippen LogP contribution in [0.3, 0.4) is 0 Å². The van der Waals surface area contributed by atoms with Crippen LogP contribution in [0.25, 0.3) is 82.4 Å². The average molecular weight is 911 g/mol. The molecule has 0 saturated heterocycles. The third kappa shape index (κ3) is 4.58. The van der Waals surface area contributed by atoms with Gasteiger partial charge in [-0.05, 0) is 148 Å². The van der Waals surface area contributed by atoms with Gasteiger partial charge in [0.25, 0.3) is 0 Å². The Morgan fingerprint density at radius 3 is 1.33 bits per heavy atom. The van der Waals surface area contributed by atoms with E-state index < -0.39 is 10.8 Å². The van der Waals surface area contributed by atoms with Crippen molar-refractivity contribution in [3.63, 3.8) is 0 Å². The minimum absolute atomic E-state index is 0.477. The first-order valence-corrected chi connectivity index (χ1v) is 25.3. The Morgan fingerprint density at radius 2 is 0.694 bits per heavy atom. The average Bonchev–Trinajstić information content (AvgIpc) is 4.14. The molecule has 1 aromatic heterocycles. The van der Waals surface area contributed by atoms with Gasteiger partial charge in [0.1, 0.15) is 0 Å². The number of rotatable bonds is 3. The fourth-order valence-corrected chi connectivity index (χ4v) is 14.5. The minimum Gasteiger partial charge on any atom is -0.310 e. The number of hydrogen-bond acceptors (Lipinski definition) is 1. The van der Waals surface area contributed by atoms with Crippen LogP contribution in [0.2, 0.25) is 0 Å². The maximum atomic E-state index is 2.55. The zero-order valence-electron chi connectivity index (χ0n) is 39.1. The summed E-state index contributed by atoms with van der Waals surface area (Å²) in [6, 6.07) is 96.8. The molecule has 0 bridgehead atoms. The predicted octanol–water partition coefficient (Wildman–Crippen LogP) is 17.6. The van der Waals surface area contributed by atoms with Gasteiger partial charge in [0.2, 0.25) is 0 Å². The Bertz CT molecular complexity index is 4490. The molecule has 1 unspecified atom stereocenters. The molecule has 17 rings (SSSR count). The molecule has 0 saturated carbocycles. The Balaban J connectivity index is 0.964. The first-order valence-electron chi connectivity index (χ1n) is 25.3. The van der Waals surface area contributed by atoms with Gasteiger partial charge in [-0.3, -0.25) is 0 Å². The summed E-state index contributed by atoms with van der Waals surface area (Å²) in [5.74, 6) is 0. The smallest absolute Gasteiger partial charge is 0.0755 e. The molecule has 2 heterocycles. The van der Waals surface area contributed by atoms with E-state index in [0.717, 1.165) is 17.1 Å². The van der Waals surface area contributed by atoms with Crippen molar-refractivity contribution in [1.29, 1.82) is 0 Å². The van der Waals surface area contributed by atoms with E-state index in [1.165, 1.54) is 127 Å². The summed E-state index contributed by atoms with van der Waals surface area (Å²) in [4.78, 5) is 2.54. The highest BCUT2D eigenvalue weighted by molar-refractivity contribution is 6.13. The monoisotopic (exact) mass is 910 g/mol. The summed E-state index contributed by atoms with van der Waals surface area (Å²) in [7, 11) is 0. The SMILES string of the molecule is c1ccc2c(c1)-c1ccccc1C21c2ccccc2-c2ccc(N(c3ccc4c(c3)C3(c5ccccc5-4)c4ccccc4-n4c5ccccc5c5cccc3c54)c3ccc4c(ccc5ccccc54)c3)cc21. The molecule has 332 valence electrons. The normalized spacial score (nSPS) is 15.7. The molecule has 1 aliphatic heterocycles. The molecule has 0 fully saturated rings. The van der Waals surface area contributed by atoms with Gasteiger partial charge in [-0.1, -0.05) is 206 Å². The first kappa shape index (κ1) is 38.6.